The van der Waals surface area contributed by atoms with Crippen LogP contribution in [0.15, 0.2) is 48.5 Å². The number of carbonyl (C=O) groups is 1. The molecule has 0 saturated carbocycles. The third-order valence-corrected chi connectivity index (χ3v) is 6.00. The molecular formula is C20H19FN2O2S. The summed E-state index contributed by atoms with van der Waals surface area (Å²) in [5.41, 5.74) is 1.44. The molecule has 0 radical (unpaired) electrons. The number of carboxylic acids is 1. The standard InChI is InChI=1S/C20H19FN2O2S/c21-15-8-2-1-7-14(15)18(23-11-5-6-13(12-23)20(24)25)19-22-16-9-3-4-10-17(16)26-19/h1-4,7-10,13,18H,5-6,11-12H2,(H,24,25). The molecular weight excluding hydrogens is 351 g/mol. The summed E-state index contributed by atoms with van der Waals surface area (Å²) in [6.07, 6.45) is 1.45. The molecule has 2 heterocycles. The Morgan fingerprint density at radius 1 is 1.23 bits per heavy atom. The number of benzene rings is 2. The van der Waals surface area contributed by atoms with Gasteiger partial charge in [0.05, 0.1) is 22.2 Å². The number of halogens is 1. The number of rotatable bonds is 4. The summed E-state index contributed by atoms with van der Waals surface area (Å²) in [7, 11) is 0. The van der Waals surface area contributed by atoms with Gasteiger partial charge >= 0.3 is 5.97 Å². The molecule has 4 nitrogen and oxygen atoms in total. The molecule has 2 unspecified atom stereocenters. The van der Waals surface area contributed by atoms with Crippen LogP contribution in [0.25, 0.3) is 10.2 Å². The van der Waals surface area contributed by atoms with E-state index in [1.165, 1.54) is 6.07 Å². The predicted molar refractivity (Wildman–Crippen MR) is 99.8 cm³/mol. The van der Waals surface area contributed by atoms with Crippen LogP contribution >= 0.6 is 11.3 Å². The van der Waals surface area contributed by atoms with E-state index < -0.39 is 11.9 Å². The molecule has 1 aliphatic heterocycles. The van der Waals surface area contributed by atoms with Crippen LogP contribution in [0.2, 0.25) is 0 Å². The third-order valence-electron chi connectivity index (χ3n) is 4.91. The van der Waals surface area contributed by atoms with Gasteiger partial charge in [-0.2, -0.15) is 0 Å². The van der Waals surface area contributed by atoms with Crippen molar-refractivity contribution in [2.24, 2.45) is 5.92 Å². The Hall–Kier alpha value is -2.31. The molecule has 0 spiro atoms. The summed E-state index contributed by atoms with van der Waals surface area (Å²) in [5.74, 6) is -1.49. The van der Waals surface area contributed by atoms with Crippen LogP contribution in [0.3, 0.4) is 0 Å². The number of para-hydroxylation sites is 1. The second-order valence-corrected chi connectivity index (χ2v) is 7.68. The number of likely N-dealkylation sites (tertiary alicyclic amines) is 1. The molecule has 2 aromatic carbocycles. The van der Waals surface area contributed by atoms with Crippen molar-refractivity contribution in [3.8, 4) is 0 Å². The highest BCUT2D eigenvalue weighted by atomic mass is 32.1. The van der Waals surface area contributed by atoms with Crippen molar-refractivity contribution in [2.75, 3.05) is 13.1 Å². The molecule has 1 aliphatic rings. The van der Waals surface area contributed by atoms with E-state index in [0.29, 0.717) is 18.5 Å². The normalized spacial score (nSPS) is 19.5. The number of aromatic nitrogens is 1. The molecule has 6 heteroatoms. The molecule has 3 aromatic rings. The highest BCUT2D eigenvalue weighted by Crippen LogP contribution is 2.37. The number of carboxylic acid groups (broad SMARTS) is 1. The van der Waals surface area contributed by atoms with Crippen LogP contribution in [0.1, 0.15) is 29.5 Å². The molecule has 134 valence electrons. The molecule has 1 aromatic heterocycles. The minimum Gasteiger partial charge on any atom is -0.481 e. The summed E-state index contributed by atoms with van der Waals surface area (Å²) in [6.45, 7) is 1.14. The van der Waals surface area contributed by atoms with Gasteiger partial charge in [-0.1, -0.05) is 30.3 Å². The average Bonchev–Trinajstić information content (AvgIpc) is 3.07. The van der Waals surface area contributed by atoms with Crippen LogP contribution in [0.5, 0.6) is 0 Å². The van der Waals surface area contributed by atoms with E-state index in [9.17, 15) is 14.3 Å². The van der Waals surface area contributed by atoms with Gasteiger partial charge < -0.3 is 5.11 Å². The quantitative estimate of drug-likeness (QED) is 0.743. The maximum Gasteiger partial charge on any atom is 0.307 e. The lowest BCUT2D eigenvalue weighted by Gasteiger charge is -2.36. The largest absolute Gasteiger partial charge is 0.481 e. The smallest absolute Gasteiger partial charge is 0.307 e. The number of aliphatic carboxylic acids is 1. The Morgan fingerprint density at radius 3 is 2.77 bits per heavy atom. The summed E-state index contributed by atoms with van der Waals surface area (Å²) in [4.78, 5) is 18.3. The molecule has 0 aliphatic carbocycles. The Bertz CT molecular complexity index is 909. The average molecular weight is 370 g/mol. The van der Waals surface area contributed by atoms with Crippen LogP contribution in [0, 0.1) is 11.7 Å². The number of nitrogens with zero attached hydrogens (tertiary/aromatic N) is 2. The van der Waals surface area contributed by atoms with E-state index in [1.807, 2.05) is 30.3 Å². The van der Waals surface area contributed by atoms with Crippen LogP contribution in [0.4, 0.5) is 4.39 Å². The molecule has 0 bridgehead atoms. The van der Waals surface area contributed by atoms with E-state index >= 15 is 0 Å². The van der Waals surface area contributed by atoms with Crippen molar-refractivity contribution in [3.63, 3.8) is 0 Å². The molecule has 0 amide bonds. The first-order chi connectivity index (χ1) is 12.6. The molecule has 1 N–H and O–H groups in total. The highest BCUT2D eigenvalue weighted by Gasteiger charge is 2.34. The van der Waals surface area contributed by atoms with Crippen molar-refractivity contribution in [3.05, 3.63) is 64.9 Å². The molecule has 26 heavy (non-hydrogen) atoms. The van der Waals surface area contributed by atoms with Gasteiger partial charge in [0, 0.05) is 12.1 Å². The minimum atomic E-state index is -0.786. The van der Waals surface area contributed by atoms with Crippen LogP contribution < -0.4 is 0 Å². The second kappa shape index (κ2) is 7.13. The second-order valence-electron chi connectivity index (χ2n) is 6.62. The lowest BCUT2D eigenvalue weighted by Crippen LogP contribution is -2.41. The fourth-order valence-corrected chi connectivity index (χ4v) is 4.75. The zero-order valence-electron chi connectivity index (χ0n) is 14.1. The fourth-order valence-electron chi connectivity index (χ4n) is 3.63. The van der Waals surface area contributed by atoms with Crippen molar-refractivity contribution in [1.29, 1.82) is 0 Å². The predicted octanol–water partition coefficient (Wildman–Crippen LogP) is 4.32. The van der Waals surface area contributed by atoms with E-state index in [1.54, 1.807) is 23.5 Å². The summed E-state index contributed by atoms with van der Waals surface area (Å²) in [5, 5.41) is 10.2. The van der Waals surface area contributed by atoms with Crippen molar-refractivity contribution >= 4 is 27.5 Å². The maximum atomic E-state index is 14.6. The third kappa shape index (κ3) is 3.22. The van der Waals surface area contributed by atoms with Gasteiger partial charge in [-0.05, 0) is 37.6 Å². The van der Waals surface area contributed by atoms with Gasteiger partial charge in [0.15, 0.2) is 0 Å². The van der Waals surface area contributed by atoms with Crippen molar-refractivity contribution < 1.29 is 14.3 Å². The van der Waals surface area contributed by atoms with Gasteiger partial charge in [0.1, 0.15) is 10.8 Å². The van der Waals surface area contributed by atoms with Crippen molar-refractivity contribution in [2.45, 2.75) is 18.9 Å². The highest BCUT2D eigenvalue weighted by molar-refractivity contribution is 7.18. The topological polar surface area (TPSA) is 53.4 Å². The Balaban J connectivity index is 1.79. The summed E-state index contributed by atoms with van der Waals surface area (Å²) in [6, 6.07) is 14.2. The lowest BCUT2D eigenvalue weighted by atomic mass is 9.95. The summed E-state index contributed by atoms with van der Waals surface area (Å²) < 4.78 is 15.7. The zero-order valence-corrected chi connectivity index (χ0v) is 15.0. The number of hydrogen-bond acceptors (Lipinski definition) is 4. The van der Waals surface area contributed by atoms with E-state index in [-0.39, 0.29) is 11.9 Å². The minimum absolute atomic E-state index is 0.283. The van der Waals surface area contributed by atoms with Gasteiger partial charge in [-0.25, -0.2) is 9.37 Å². The van der Waals surface area contributed by atoms with Gasteiger partial charge in [-0.3, -0.25) is 9.69 Å². The first kappa shape index (κ1) is 17.1. The number of fused-ring (bicyclic) bond motifs is 1. The maximum absolute atomic E-state index is 14.6. The Kier molecular flexibility index (Phi) is 4.70. The number of hydrogen-bond donors (Lipinski definition) is 1. The van der Waals surface area contributed by atoms with Gasteiger partial charge in [-0.15, -0.1) is 11.3 Å². The lowest BCUT2D eigenvalue weighted by molar-refractivity contribution is -0.143. The van der Waals surface area contributed by atoms with E-state index in [0.717, 1.165) is 28.2 Å². The number of piperidine rings is 1. The van der Waals surface area contributed by atoms with Gasteiger partial charge in [0.2, 0.25) is 0 Å². The number of thiazole rings is 1. The van der Waals surface area contributed by atoms with E-state index in [4.69, 9.17) is 4.98 Å². The SMILES string of the molecule is O=C(O)C1CCCN(C(c2nc3ccccc3s2)c2ccccc2F)C1. The Morgan fingerprint density at radius 2 is 2.00 bits per heavy atom. The monoisotopic (exact) mass is 370 g/mol. The molecule has 1 saturated heterocycles. The first-order valence-electron chi connectivity index (χ1n) is 8.70. The first-order valence-corrected chi connectivity index (χ1v) is 9.52. The molecule has 2 atom stereocenters. The zero-order chi connectivity index (χ0) is 18.1. The Labute approximate surface area is 154 Å². The summed E-state index contributed by atoms with van der Waals surface area (Å²) >= 11 is 1.55. The van der Waals surface area contributed by atoms with Crippen LogP contribution in [-0.2, 0) is 4.79 Å². The molecule has 4 rings (SSSR count). The van der Waals surface area contributed by atoms with Crippen molar-refractivity contribution in [1.82, 2.24) is 9.88 Å². The molecule has 1 fully saturated rings. The van der Waals surface area contributed by atoms with E-state index in [2.05, 4.69) is 4.90 Å². The van der Waals surface area contributed by atoms with Crippen LogP contribution in [-0.4, -0.2) is 34.0 Å². The van der Waals surface area contributed by atoms with Gasteiger partial charge in [0.25, 0.3) is 0 Å². The fraction of sp³-hybridized carbons (Fsp3) is 0.300.